The molecule has 0 aromatic carbocycles. The zero-order valence-corrected chi connectivity index (χ0v) is 11.0. The molecule has 0 aromatic rings. The molecule has 2 saturated heterocycles. The van der Waals surface area contributed by atoms with Gasteiger partial charge in [-0.15, -0.1) is 0 Å². The van der Waals surface area contributed by atoms with Crippen LogP contribution in [0.25, 0.3) is 0 Å². The molecule has 0 aliphatic carbocycles. The van der Waals surface area contributed by atoms with E-state index in [0.29, 0.717) is 5.92 Å². The Labute approximate surface area is 104 Å². The molecule has 2 N–H and O–H groups in total. The van der Waals surface area contributed by atoms with E-state index in [9.17, 15) is 0 Å². The molecule has 2 aliphatic rings. The molecule has 100 valence electrons. The van der Waals surface area contributed by atoms with Crippen molar-refractivity contribution < 1.29 is 9.47 Å². The SMILES string of the molecule is COCC1CCCN(CC2(N)CCOCC2)C1. The van der Waals surface area contributed by atoms with Gasteiger partial charge in [0.25, 0.3) is 0 Å². The summed E-state index contributed by atoms with van der Waals surface area (Å²) in [6.07, 6.45) is 4.57. The Morgan fingerprint density at radius 1 is 1.41 bits per heavy atom. The topological polar surface area (TPSA) is 47.7 Å². The molecule has 1 atom stereocenters. The van der Waals surface area contributed by atoms with Crippen LogP contribution in [0, 0.1) is 5.92 Å². The van der Waals surface area contributed by atoms with Gasteiger partial charge in [-0.2, -0.15) is 0 Å². The molecule has 4 nitrogen and oxygen atoms in total. The van der Waals surface area contributed by atoms with E-state index >= 15 is 0 Å². The molecule has 0 bridgehead atoms. The highest BCUT2D eigenvalue weighted by molar-refractivity contribution is 4.90. The molecule has 2 heterocycles. The van der Waals surface area contributed by atoms with Gasteiger partial charge in [-0.1, -0.05) is 0 Å². The molecule has 0 amide bonds. The second kappa shape index (κ2) is 6.14. The first-order chi connectivity index (χ1) is 8.22. The van der Waals surface area contributed by atoms with Crippen LogP contribution in [0.2, 0.25) is 0 Å². The monoisotopic (exact) mass is 242 g/mol. The van der Waals surface area contributed by atoms with Crippen LogP contribution in [0.4, 0.5) is 0 Å². The summed E-state index contributed by atoms with van der Waals surface area (Å²) in [6, 6.07) is 0. The molecule has 0 saturated carbocycles. The number of hydrogen-bond acceptors (Lipinski definition) is 4. The Hall–Kier alpha value is -0.160. The minimum atomic E-state index is -0.0206. The molecule has 2 fully saturated rings. The van der Waals surface area contributed by atoms with Crippen LogP contribution >= 0.6 is 0 Å². The van der Waals surface area contributed by atoms with E-state index < -0.39 is 0 Å². The van der Waals surface area contributed by atoms with Crippen molar-refractivity contribution in [3.63, 3.8) is 0 Å². The van der Waals surface area contributed by atoms with Crippen molar-refractivity contribution >= 4 is 0 Å². The molecule has 17 heavy (non-hydrogen) atoms. The summed E-state index contributed by atoms with van der Waals surface area (Å²) < 4.78 is 10.7. The quantitative estimate of drug-likeness (QED) is 0.794. The highest BCUT2D eigenvalue weighted by Crippen LogP contribution is 2.23. The zero-order valence-electron chi connectivity index (χ0n) is 11.0. The third kappa shape index (κ3) is 3.91. The third-order valence-corrected chi connectivity index (χ3v) is 4.03. The second-order valence-corrected chi connectivity index (χ2v) is 5.67. The number of piperidine rings is 1. The Kier molecular flexibility index (Phi) is 4.79. The smallest absolute Gasteiger partial charge is 0.0502 e. The number of likely N-dealkylation sites (tertiary alicyclic amines) is 1. The molecule has 2 rings (SSSR count). The predicted molar refractivity (Wildman–Crippen MR) is 68.0 cm³/mol. The van der Waals surface area contributed by atoms with Gasteiger partial charge in [0.1, 0.15) is 0 Å². The number of nitrogens with zero attached hydrogens (tertiary/aromatic N) is 1. The van der Waals surface area contributed by atoms with Crippen molar-refractivity contribution in [3.8, 4) is 0 Å². The van der Waals surface area contributed by atoms with Crippen LogP contribution in [0.3, 0.4) is 0 Å². The summed E-state index contributed by atoms with van der Waals surface area (Å²) in [4.78, 5) is 2.53. The number of methoxy groups -OCH3 is 1. The fourth-order valence-corrected chi connectivity index (χ4v) is 3.05. The van der Waals surface area contributed by atoms with Gasteiger partial charge in [0, 0.05) is 39.0 Å². The van der Waals surface area contributed by atoms with Crippen molar-refractivity contribution in [2.24, 2.45) is 11.7 Å². The Bertz CT molecular complexity index is 227. The molecule has 4 heteroatoms. The number of nitrogens with two attached hydrogens (primary N) is 1. The molecular formula is C13H26N2O2. The zero-order chi connectivity index (χ0) is 12.1. The normalized spacial score (nSPS) is 30.4. The van der Waals surface area contributed by atoms with Gasteiger partial charge < -0.3 is 20.1 Å². The van der Waals surface area contributed by atoms with Crippen LogP contribution < -0.4 is 5.73 Å². The van der Waals surface area contributed by atoms with Gasteiger partial charge in [0.2, 0.25) is 0 Å². The van der Waals surface area contributed by atoms with Gasteiger partial charge in [-0.25, -0.2) is 0 Å². The van der Waals surface area contributed by atoms with Crippen molar-refractivity contribution in [1.82, 2.24) is 4.90 Å². The summed E-state index contributed by atoms with van der Waals surface area (Å²) in [6.45, 7) is 5.90. The lowest BCUT2D eigenvalue weighted by Crippen LogP contribution is -2.55. The minimum Gasteiger partial charge on any atom is -0.384 e. The fourth-order valence-electron chi connectivity index (χ4n) is 3.05. The summed E-state index contributed by atoms with van der Waals surface area (Å²) >= 11 is 0. The van der Waals surface area contributed by atoms with E-state index in [2.05, 4.69) is 4.90 Å². The van der Waals surface area contributed by atoms with Gasteiger partial charge in [-0.05, 0) is 38.1 Å². The number of hydrogen-bond donors (Lipinski definition) is 1. The summed E-state index contributed by atoms with van der Waals surface area (Å²) in [7, 11) is 1.79. The summed E-state index contributed by atoms with van der Waals surface area (Å²) in [5.74, 6) is 0.692. The van der Waals surface area contributed by atoms with Crippen molar-refractivity contribution in [3.05, 3.63) is 0 Å². The molecule has 1 unspecified atom stereocenters. The van der Waals surface area contributed by atoms with Gasteiger partial charge in [0.05, 0.1) is 6.61 Å². The average Bonchev–Trinajstić information content (AvgIpc) is 2.30. The third-order valence-electron chi connectivity index (χ3n) is 4.03. The minimum absolute atomic E-state index is 0.0206. The first-order valence-corrected chi connectivity index (χ1v) is 6.80. The predicted octanol–water partition coefficient (Wildman–Crippen LogP) is 0.853. The van der Waals surface area contributed by atoms with E-state index in [-0.39, 0.29) is 5.54 Å². The summed E-state index contributed by atoms with van der Waals surface area (Å²) in [5.41, 5.74) is 6.44. The first-order valence-electron chi connectivity index (χ1n) is 6.80. The molecule has 0 spiro atoms. The van der Waals surface area contributed by atoms with E-state index in [0.717, 1.165) is 45.8 Å². The van der Waals surface area contributed by atoms with Gasteiger partial charge in [0.15, 0.2) is 0 Å². The molecule has 0 aromatic heterocycles. The van der Waals surface area contributed by atoms with Gasteiger partial charge in [-0.3, -0.25) is 0 Å². The lowest BCUT2D eigenvalue weighted by atomic mass is 9.89. The van der Waals surface area contributed by atoms with Crippen molar-refractivity contribution in [2.45, 2.75) is 31.2 Å². The van der Waals surface area contributed by atoms with Crippen LogP contribution in [-0.2, 0) is 9.47 Å². The highest BCUT2D eigenvalue weighted by Gasteiger charge is 2.32. The van der Waals surface area contributed by atoms with Crippen LogP contribution in [0.15, 0.2) is 0 Å². The number of rotatable bonds is 4. The summed E-state index contributed by atoms with van der Waals surface area (Å²) in [5, 5.41) is 0. The van der Waals surface area contributed by atoms with Crippen LogP contribution in [0.1, 0.15) is 25.7 Å². The Morgan fingerprint density at radius 2 is 2.18 bits per heavy atom. The molecule has 2 aliphatic heterocycles. The average molecular weight is 242 g/mol. The maximum atomic E-state index is 6.46. The van der Waals surface area contributed by atoms with E-state index in [1.807, 2.05) is 0 Å². The van der Waals surface area contributed by atoms with E-state index in [1.54, 1.807) is 7.11 Å². The van der Waals surface area contributed by atoms with Crippen LogP contribution in [0.5, 0.6) is 0 Å². The highest BCUT2D eigenvalue weighted by atomic mass is 16.5. The first kappa shape index (κ1) is 13.3. The fraction of sp³-hybridized carbons (Fsp3) is 1.00. The van der Waals surface area contributed by atoms with Gasteiger partial charge >= 0.3 is 0 Å². The van der Waals surface area contributed by atoms with E-state index in [1.165, 1.54) is 19.4 Å². The second-order valence-electron chi connectivity index (χ2n) is 5.67. The Balaban J connectivity index is 1.81. The lowest BCUT2D eigenvalue weighted by molar-refractivity contribution is 0.0238. The van der Waals surface area contributed by atoms with Crippen LogP contribution in [-0.4, -0.2) is 57.0 Å². The molecular weight excluding hydrogens is 216 g/mol. The van der Waals surface area contributed by atoms with E-state index in [4.69, 9.17) is 15.2 Å². The lowest BCUT2D eigenvalue weighted by Gasteiger charge is -2.41. The molecule has 0 radical (unpaired) electrons. The van der Waals surface area contributed by atoms with Crippen molar-refractivity contribution in [1.29, 1.82) is 0 Å². The largest absolute Gasteiger partial charge is 0.384 e. The maximum Gasteiger partial charge on any atom is 0.0502 e. The van der Waals surface area contributed by atoms with Crippen molar-refractivity contribution in [2.75, 3.05) is 46.6 Å². The maximum absolute atomic E-state index is 6.46. The standard InChI is InChI=1S/C13H26N2O2/c1-16-10-12-3-2-6-15(9-12)11-13(14)4-7-17-8-5-13/h12H,2-11,14H2,1H3. The Morgan fingerprint density at radius 3 is 2.88 bits per heavy atom. The number of ether oxygens (including phenoxy) is 2.